The second kappa shape index (κ2) is 7.75. The molecule has 0 saturated heterocycles. The number of nitrogens with one attached hydrogen (secondary N) is 1. The maximum atomic E-state index is 13.3. The standard InChI is InChI=1S/C21H13N3O9S/c22-18-15(34(31,32)33)8-14(23-13-6-5-9(24(29)30)7-12(13)21(27)28)16-17(18)20(26)11-4-2-1-3-10(11)19(16)25/h1-8,23H,22H2,(H,27,28)(H,31,32,33)/p-1. The second-order valence-corrected chi connectivity index (χ2v) is 8.51. The highest BCUT2D eigenvalue weighted by Gasteiger charge is 2.35. The number of carbonyl (C=O) groups is 3. The number of nitrogens with zero attached hydrogens (tertiary/aromatic N) is 1. The number of carboxylic acids is 1. The Hall–Kier alpha value is -4.62. The summed E-state index contributed by atoms with van der Waals surface area (Å²) >= 11 is 0. The van der Waals surface area contributed by atoms with Crippen LogP contribution in [0.4, 0.5) is 22.7 Å². The fourth-order valence-electron chi connectivity index (χ4n) is 3.68. The summed E-state index contributed by atoms with van der Waals surface area (Å²) in [6, 6.07) is 9.17. The Labute approximate surface area is 190 Å². The molecule has 3 aromatic carbocycles. The number of anilines is 3. The first-order valence-corrected chi connectivity index (χ1v) is 10.7. The minimum atomic E-state index is -5.23. The average molecular weight is 482 g/mol. The number of nitrogen functional groups attached to an aromatic ring is 1. The summed E-state index contributed by atoms with van der Waals surface area (Å²) in [5, 5.41) is 23.0. The molecule has 1 aliphatic rings. The Kier molecular flexibility index (Phi) is 5.15. The van der Waals surface area contributed by atoms with Gasteiger partial charge in [-0.05, 0) is 12.1 Å². The molecule has 1 aliphatic carbocycles. The van der Waals surface area contributed by atoms with Gasteiger partial charge in [-0.1, -0.05) is 24.3 Å². The summed E-state index contributed by atoms with van der Waals surface area (Å²) in [7, 11) is -5.23. The quantitative estimate of drug-likeness (QED) is 0.162. The highest BCUT2D eigenvalue weighted by atomic mass is 32.2. The number of fused-ring (bicyclic) bond motifs is 2. The zero-order valence-electron chi connectivity index (χ0n) is 16.8. The van der Waals surface area contributed by atoms with Crippen LogP contribution < -0.4 is 11.1 Å². The van der Waals surface area contributed by atoms with E-state index in [4.69, 9.17) is 5.73 Å². The van der Waals surface area contributed by atoms with E-state index in [9.17, 15) is 42.6 Å². The number of rotatable bonds is 5. The van der Waals surface area contributed by atoms with Crippen LogP contribution in [0, 0.1) is 10.1 Å². The smallest absolute Gasteiger partial charge is 0.338 e. The molecule has 0 heterocycles. The van der Waals surface area contributed by atoms with Gasteiger partial charge in [0.1, 0.15) is 10.1 Å². The summed E-state index contributed by atoms with van der Waals surface area (Å²) in [5.41, 5.74) is 2.39. The van der Waals surface area contributed by atoms with Crippen molar-refractivity contribution in [3.05, 3.63) is 86.5 Å². The summed E-state index contributed by atoms with van der Waals surface area (Å²) in [5.74, 6) is -3.11. The molecule has 0 aromatic heterocycles. The minimum Gasteiger partial charge on any atom is -0.744 e. The maximum absolute atomic E-state index is 13.3. The van der Waals surface area contributed by atoms with E-state index >= 15 is 0 Å². The van der Waals surface area contributed by atoms with Gasteiger partial charge in [0.15, 0.2) is 11.6 Å². The molecule has 34 heavy (non-hydrogen) atoms. The molecule has 0 spiro atoms. The molecule has 0 aliphatic heterocycles. The van der Waals surface area contributed by atoms with Gasteiger partial charge in [0.25, 0.3) is 5.69 Å². The Balaban J connectivity index is 2.02. The van der Waals surface area contributed by atoms with Crippen LogP contribution in [-0.2, 0) is 10.1 Å². The molecule has 4 rings (SSSR count). The van der Waals surface area contributed by atoms with Crippen LogP contribution >= 0.6 is 0 Å². The van der Waals surface area contributed by atoms with Crippen molar-refractivity contribution in [3.8, 4) is 0 Å². The van der Waals surface area contributed by atoms with Crippen molar-refractivity contribution >= 4 is 50.4 Å². The number of ketones is 2. The number of carbonyl (C=O) groups excluding carboxylic acids is 2. The van der Waals surface area contributed by atoms with E-state index in [0.717, 1.165) is 24.3 Å². The van der Waals surface area contributed by atoms with Crippen LogP contribution in [0.5, 0.6) is 0 Å². The normalized spacial score (nSPS) is 12.6. The average Bonchev–Trinajstić information content (AvgIpc) is 2.77. The lowest BCUT2D eigenvalue weighted by Gasteiger charge is -2.25. The Bertz CT molecular complexity index is 1560. The van der Waals surface area contributed by atoms with Crippen LogP contribution in [0.25, 0.3) is 0 Å². The van der Waals surface area contributed by atoms with Crippen LogP contribution in [-0.4, -0.2) is 40.5 Å². The van der Waals surface area contributed by atoms with Crippen LogP contribution in [0.2, 0.25) is 0 Å². The molecular weight excluding hydrogens is 470 g/mol. The summed E-state index contributed by atoms with van der Waals surface area (Å²) in [6.45, 7) is 0. The van der Waals surface area contributed by atoms with Crippen LogP contribution in [0.15, 0.2) is 53.4 Å². The van der Waals surface area contributed by atoms with Crippen LogP contribution in [0.1, 0.15) is 42.2 Å². The van der Waals surface area contributed by atoms with Gasteiger partial charge >= 0.3 is 5.97 Å². The number of benzene rings is 3. The lowest BCUT2D eigenvalue weighted by molar-refractivity contribution is -0.384. The predicted molar refractivity (Wildman–Crippen MR) is 115 cm³/mol. The topological polar surface area (TPSA) is 210 Å². The van der Waals surface area contributed by atoms with Crippen molar-refractivity contribution in [2.24, 2.45) is 0 Å². The first-order valence-electron chi connectivity index (χ1n) is 9.31. The van der Waals surface area contributed by atoms with Crippen molar-refractivity contribution in [1.29, 1.82) is 0 Å². The van der Waals surface area contributed by atoms with Crippen molar-refractivity contribution in [1.82, 2.24) is 0 Å². The predicted octanol–water partition coefficient (Wildman–Crippen LogP) is 2.30. The molecule has 0 radical (unpaired) electrons. The van der Waals surface area contributed by atoms with Gasteiger partial charge in [0.2, 0.25) is 0 Å². The molecule has 0 bridgehead atoms. The SMILES string of the molecule is Nc1c(S(=O)(=O)[O-])cc(Nc2ccc([N+](=O)[O-])cc2C(=O)O)c2c1C(=O)c1ccccc1C2=O. The minimum absolute atomic E-state index is 0.0117. The van der Waals surface area contributed by atoms with E-state index < -0.39 is 60.0 Å². The lowest BCUT2D eigenvalue weighted by Crippen LogP contribution is -2.25. The van der Waals surface area contributed by atoms with Gasteiger partial charge in [-0.3, -0.25) is 19.7 Å². The third kappa shape index (κ3) is 3.54. The van der Waals surface area contributed by atoms with E-state index in [0.29, 0.717) is 0 Å². The molecule has 0 unspecified atom stereocenters. The number of hydrogen-bond donors (Lipinski definition) is 3. The summed E-state index contributed by atoms with van der Waals surface area (Å²) in [6.07, 6.45) is 0. The first-order chi connectivity index (χ1) is 15.9. The molecule has 0 atom stereocenters. The Morgan fingerprint density at radius 1 is 0.971 bits per heavy atom. The van der Waals surface area contributed by atoms with Gasteiger partial charge in [-0.15, -0.1) is 0 Å². The Morgan fingerprint density at radius 3 is 2.09 bits per heavy atom. The summed E-state index contributed by atoms with van der Waals surface area (Å²) < 4.78 is 35.5. The number of hydrogen-bond acceptors (Lipinski definition) is 10. The number of non-ortho nitro benzene ring substituents is 1. The molecular formula is C21H12N3O9S-. The van der Waals surface area contributed by atoms with Crippen molar-refractivity contribution in [2.75, 3.05) is 11.1 Å². The molecule has 0 saturated carbocycles. The van der Waals surface area contributed by atoms with Gasteiger partial charge in [0, 0.05) is 23.3 Å². The van der Waals surface area contributed by atoms with Gasteiger partial charge in [0.05, 0.1) is 43.6 Å². The number of nitro groups is 1. The summed E-state index contributed by atoms with van der Waals surface area (Å²) in [4.78, 5) is 47.3. The molecule has 4 N–H and O–H groups in total. The third-order valence-electron chi connectivity index (χ3n) is 5.18. The van der Waals surface area contributed by atoms with Gasteiger partial charge in [-0.25, -0.2) is 13.2 Å². The van der Waals surface area contributed by atoms with E-state index in [1.165, 1.54) is 24.3 Å². The van der Waals surface area contributed by atoms with Crippen molar-refractivity contribution in [3.63, 3.8) is 0 Å². The van der Waals surface area contributed by atoms with Gasteiger partial charge in [-0.2, -0.15) is 0 Å². The molecule has 0 amide bonds. The fraction of sp³-hybridized carbons (Fsp3) is 0. The molecule has 172 valence electrons. The second-order valence-electron chi connectivity index (χ2n) is 7.16. The zero-order valence-corrected chi connectivity index (χ0v) is 17.6. The number of aromatic carboxylic acids is 1. The van der Waals surface area contributed by atoms with E-state index in [1.807, 2.05) is 0 Å². The maximum Gasteiger partial charge on any atom is 0.338 e. The molecule has 12 nitrogen and oxygen atoms in total. The van der Waals surface area contributed by atoms with E-state index in [-0.39, 0.29) is 28.1 Å². The number of carboxylic acid groups (broad SMARTS) is 1. The van der Waals surface area contributed by atoms with Crippen molar-refractivity contribution in [2.45, 2.75) is 4.90 Å². The zero-order chi connectivity index (χ0) is 24.9. The van der Waals surface area contributed by atoms with E-state index in [1.54, 1.807) is 0 Å². The third-order valence-corrected chi connectivity index (χ3v) is 6.06. The van der Waals surface area contributed by atoms with Crippen molar-refractivity contribution < 1.29 is 37.4 Å². The molecule has 3 aromatic rings. The largest absolute Gasteiger partial charge is 0.744 e. The highest BCUT2D eigenvalue weighted by Crippen LogP contribution is 2.40. The highest BCUT2D eigenvalue weighted by molar-refractivity contribution is 7.86. The number of nitro benzene ring substituents is 1. The fourth-order valence-corrected chi connectivity index (χ4v) is 4.31. The van der Waals surface area contributed by atoms with E-state index in [2.05, 4.69) is 5.32 Å². The number of nitrogens with two attached hydrogens (primary N) is 1. The monoisotopic (exact) mass is 482 g/mol. The lowest BCUT2D eigenvalue weighted by atomic mass is 9.82. The molecule has 13 heteroatoms. The van der Waals surface area contributed by atoms with Crippen LogP contribution in [0.3, 0.4) is 0 Å². The first kappa shape index (κ1) is 22.6. The Morgan fingerprint density at radius 2 is 1.56 bits per heavy atom. The van der Waals surface area contributed by atoms with Gasteiger partial charge < -0.3 is 20.7 Å². The molecule has 0 fully saturated rings.